The number of nitrogens with zero attached hydrogens (tertiary/aromatic N) is 4. The number of nitrogens with two attached hydrogens (primary N) is 2. The summed E-state index contributed by atoms with van der Waals surface area (Å²) in [5, 5.41) is 10.9. The molecule has 0 aromatic heterocycles. The van der Waals surface area contributed by atoms with Gasteiger partial charge in [-0.1, -0.05) is 60.7 Å². The molecule has 6 atom stereocenters. The van der Waals surface area contributed by atoms with E-state index < -0.39 is 70.0 Å². The number of hydrogen-bond acceptors (Lipinski definition) is 16. The molecule has 428 valence electrons. The molecule has 2 aromatic rings. The first kappa shape index (κ1) is 66.0. The molecule has 2 saturated heterocycles. The molecule has 2 aromatic carbocycles. The third kappa shape index (κ3) is 28.0. The number of amides is 6. The first-order valence-electron chi connectivity index (χ1n) is 25.1. The predicted molar refractivity (Wildman–Crippen MR) is 286 cm³/mol. The van der Waals surface area contributed by atoms with Gasteiger partial charge in [0.25, 0.3) is 0 Å². The zero-order valence-corrected chi connectivity index (χ0v) is 45.4. The van der Waals surface area contributed by atoms with Crippen LogP contribution in [0.15, 0.2) is 70.6 Å². The number of benzene rings is 2. The number of carbonyl (C=O) groups is 8. The van der Waals surface area contributed by atoms with Crippen LogP contribution in [0.5, 0.6) is 0 Å². The van der Waals surface area contributed by atoms with E-state index in [1.807, 2.05) is 60.7 Å². The highest BCUT2D eigenvalue weighted by Gasteiger charge is 2.40. The third-order valence-corrected chi connectivity index (χ3v) is 11.1. The van der Waals surface area contributed by atoms with Crippen molar-refractivity contribution in [3.63, 3.8) is 0 Å². The summed E-state index contributed by atoms with van der Waals surface area (Å²) in [5.41, 5.74) is 4.87. The lowest BCUT2D eigenvalue weighted by atomic mass is 10.0. The number of rotatable bonds is 24. The Labute approximate surface area is 450 Å². The first-order chi connectivity index (χ1) is 36.3. The lowest BCUT2D eigenvalue weighted by Crippen LogP contribution is -2.55. The van der Waals surface area contributed by atoms with Crippen molar-refractivity contribution in [2.45, 2.75) is 153 Å². The Kier molecular flexibility index (Phi) is 29.0. The van der Waals surface area contributed by atoms with Crippen LogP contribution in [0.3, 0.4) is 0 Å². The average molecular weight is 1100 g/mol. The van der Waals surface area contributed by atoms with E-state index >= 15 is 0 Å². The molecular weight excluding hydrogens is 1020 g/mol. The summed E-state index contributed by atoms with van der Waals surface area (Å²) < 4.78 is 42.3. The highest BCUT2D eigenvalue weighted by atomic mass is 32.3. The molecule has 26 nitrogen and oxygen atoms in total. The van der Waals surface area contributed by atoms with Crippen molar-refractivity contribution in [1.29, 1.82) is 0 Å². The number of alkyl carbamates (subject to hydrolysis) is 2. The van der Waals surface area contributed by atoms with Crippen LogP contribution in [0, 0.1) is 0 Å². The monoisotopic (exact) mass is 1100 g/mol. The topological polar surface area (TPSA) is 385 Å². The molecule has 0 aliphatic carbocycles. The predicted octanol–water partition coefficient (Wildman–Crippen LogP) is 1.49. The normalized spacial score (nSPS) is 17.0. The van der Waals surface area contributed by atoms with E-state index in [1.165, 1.54) is 22.5 Å². The lowest BCUT2D eigenvalue weighted by Gasteiger charge is -2.30. The second-order valence-corrected chi connectivity index (χ2v) is 20.7. The molecule has 12 N–H and O–H groups in total. The summed E-state index contributed by atoms with van der Waals surface area (Å²) >= 11 is 0. The Morgan fingerprint density at radius 1 is 0.636 bits per heavy atom. The molecule has 6 amide bonds. The SMILES string of the molecule is CC(C)(C)OC(=O)NC(Cc1ccccc1)C(=O)N1CCCC1C(=O)NC(C=O)CCCN=CNN.CC(C)(C)OC(=O)NC(Cc1ccccc1)C(=O)N1CCCC1C(=O)NC(C=O)CCCN=CNN.O=S(=O)(O)O. The number of aliphatic imine (C=N–C) groups is 2. The molecule has 27 heteroatoms. The third-order valence-electron chi connectivity index (χ3n) is 11.1. The standard InChI is InChI=1S/2C25H38N6O5.H2O4S/c2*1-25(2,3)36-24(35)30-20(15-18-9-5-4-6-10-18)23(34)31-14-8-12-21(31)22(33)29-19(16-32)11-7-13-27-17-28-26;1-5(2,3)4/h2*4-6,9-10,16-17,19-21H,7-8,11-15,26H2,1-3H3,(H,27,28)(H,29,33)(H,30,35);(H2,1,2,3,4). The second-order valence-electron chi connectivity index (χ2n) is 19.8. The Morgan fingerprint density at radius 3 is 1.27 bits per heavy atom. The fourth-order valence-electron chi connectivity index (χ4n) is 7.95. The summed E-state index contributed by atoms with van der Waals surface area (Å²) in [6.45, 7) is 12.1. The molecule has 2 aliphatic rings. The van der Waals surface area contributed by atoms with Crippen LogP contribution in [-0.2, 0) is 61.5 Å². The summed E-state index contributed by atoms with van der Waals surface area (Å²) in [7, 11) is -4.67. The highest BCUT2D eigenvalue weighted by Crippen LogP contribution is 2.22. The lowest BCUT2D eigenvalue weighted by molar-refractivity contribution is -0.140. The molecule has 0 spiro atoms. The Hall–Kier alpha value is -7.07. The van der Waals surface area contributed by atoms with Gasteiger partial charge in [0.15, 0.2) is 0 Å². The van der Waals surface area contributed by atoms with Gasteiger partial charge in [-0.05, 0) is 104 Å². The summed E-state index contributed by atoms with van der Waals surface area (Å²) in [5.74, 6) is 8.72. The minimum atomic E-state index is -4.67. The number of aldehydes is 2. The van der Waals surface area contributed by atoms with Crippen molar-refractivity contribution in [2.75, 3.05) is 26.2 Å². The number of carbonyl (C=O) groups excluding carboxylic acids is 8. The summed E-state index contributed by atoms with van der Waals surface area (Å²) in [6, 6.07) is 14.0. The molecule has 0 saturated carbocycles. The summed E-state index contributed by atoms with van der Waals surface area (Å²) in [6.07, 6.45) is 7.38. The Balaban J connectivity index is 0.000000484. The van der Waals surface area contributed by atoms with Gasteiger partial charge in [-0.15, -0.1) is 0 Å². The van der Waals surface area contributed by atoms with E-state index in [0.29, 0.717) is 90.1 Å². The molecule has 0 radical (unpaired) electrons. The molecule has 4 rings (SSSR count). The maximum absolute atomic E-state index is 13.6. The Morgan fingerprint density at radius 2 is 0.974 bits per heavy atom. The van der Waals surface area contributed by atoms with Gasteiger partial charge in [-0.25, -0.2) is 21.3 Å². The Bertz CT molecular complexity index is 2200. The van der Waals surface area contributed by atoms with E-state index in [0.717, 1.165) is 11.1 Å². The van der Waals surface area contributed by atoms with Crippen molar-refractivity contribution in [2.24, 2.45) is 21.7 Å². The molecule has 77 heavy (non-hydrogen) atoms. The van der Waals surface area contributed by atoms with Crippen molar-refractivity contribution in [1.82, 2.24) is 41.9 Å². The van der Waals surface area contributed by atoms with E-state index in [-0.39, 0.29) is 36.5 Å². The number of hydrogen-bond donors (Lipinski definition) is 10. The molecule has 2 fully saturated rings. The smallest absolute Gasteiger partial charge is 0.408 e. The van der Waals surface area contributed by atoms with Gasteiger partial charge >= 0.3 is 22.6 Å². The van der Waals surface area contributed by atoms with E-state index in [1.54, 1.807) is 41.5 Å². The summed E-state index contributed by atoms with van der Waals surface area (Å²) in [4.78, 5) is 112. The van der Waals surface area contributed by atoms with Crippen molar-refractivity contribution < 1.29 is 65.4 Å². The van der Waals surface area contributed by atoms with Gasteiger partial charge in [-0.3, -0.25) is 38.3 Å². The van der Waals surface area contributed by atoms with E-state index in [9.17, 15) is 38.4 Å². The van der Waals surface area contributed by atoms with Gasteiger partial charge in [0, 0.05) is 39.0 Å². The number of nitrogens with one attached hydrogen (secondary N) is 6. The molecule has 6 unspecified atom stereocenters. The number of hydrazine groups is 2. The first-order valence-corrected chi connectivity index (χ1v) is 26.5. The van der Waals surface area contributed by atoms with Crippen LogP contribution in [0.1, 0.15) is 104 Å². The van der Waals surface area contributed by atoms with Crippen LogP contribution in [0.4, 0.5) is 9.59 Å². The second kappa shape index (κ2) is 33.9. The molecular formula is C50H78N12O14S. The number of likely N-dealkylation sites (tertiary alicyclic amines) is 2. The van der Waals surface area contributed by atoms with Crippen molar-refractivity contribution in [3.8, 4) is 0 Å². The van der Waals surface area contributed by atoms with Crippen LogP contribution in [0.2, 0.25) is 0 Å². The largest absolute Gasteiger partial charge is 0.444 e. The quantitative estimate of drug-likeness (QED) is 0.0135. The zero-order valence-electron chi connectivity index (χ0n) is 44.6. The fraction of sp³-hybridized carbons (Fsp3) is 0.560. The van der Waals surface area contributed by atoms with Gasteiger partial charge in [0.1, 0.15) is 47.9 Å². The number of ether oxygens (including phenoxy) is 2. The maximum atomic E-state index is 13.6. The fourth-order valence-corrected chi connectivity index (χ4v) is 7.95. The minimum Gasteiger partial charge on any atom is -0.444 e. The van der Waals surface area contributed by atoms with E-state index in [2.05, 4.69) is 42.1 Å². The van der Waals surface area contributed by atoms with Crippen LogP contribution >= 0.6 is 0 Å². The molecule has 0 bridgehead atoms. The van der Waals surface area contributed by atoms with Crippen molar-refractivity contribution >= 4 is 71.5 Å². The minimum absolute atomic E-state index is 0.249. The van der Waals surface area contributed by atoms with E-state index in [4.69, 9.17) is 38.7 Å². The molecule has 2 aliphatic heterocycles. The van der Waals surface area contributed by atoms with Gasteiger partial charge < -0.3 is 61.0 Å². The zero-order chi connectivity index (χ0) is 57.6. The molecule has 2 heterocycles. The van der Waals surface area contributed by atoms with Crippen LogP contribution in [0.25, 0.3) is 0 Å². The van der Waals surface area contributed by atoms with Gasteiger partial charge in [0.2, 0.25) is 23.6 Å². The average Bonchev–Trinajstić information content (AvgIpc) is 4.06. The van der Waals surface area contributed by atoms with Gasteiger partial charge in [0.05, 0.1) is 24.8 Å². The maximum Gasteiger partial charge on any atom is 0.408 e. The highest BCUT2D eigenvalue weighted by molar-refractivity contribution is 7.79. The van der Waals surface area contributed by atoms with Gasteiger partial charge in [-0.2, -0.15) is 8.42 Å². The van der Waals surface area contributed by atoms with Crippen LogP contribution < -0.4 is 43.8 Å². The van der Waals surface area contributed by atoms with Crippen molar-refractivity contribution in [3.05, 3.63) is 71.8 Å². The van der Waals surface area contributed by atoms with Crippen LogP contribution in [-0.4, -0.2) is 162 Å².